The molecule has 2 heterocycles. The lowest BCUT2D eigenvalue weighted by atomic mass is 9.73. The van der Waals surface area contributed by atoms with Crippen molar-refractivity contribution in [3.8, 4) is 0 Å². The van der Waals surface area contributed by atoms with Crippen LogP contribution in [0.15, 0.2) is 102 Å². The van der Waals surface area contributed by atoms with Crippen LogP contribution in [-0.4, -0.2) is 38.2 Å². The number of anilines is 2. The molecule has 7 nitrogen and oxygen atoms in total. The van der Waals surface area contributed by atoms with E-state index in [9.17, 15) is 22.4 Å². The van der Waals surface area contributed by atoms with Crippen molar-refractivity contribution in [3.63, 3.8) is 0 Å². The van der Waals surface area contributed by atoms with Crippen LogP contribution in [-0.2, 0) is 26.8 Å². The summed E-state index contributed by atoms with van der Waals surface area (Å²) < 4.78 is 43.1. The zero-order valence-electron chi connectivity index (χ0n) is 22.5. The third kappa shape index (κ3) is 4.92. The molecule has 0 aliphatic carbocycles. The number of para-hydroxylation sites is 1. The quantitative estimate of drug-likeness (QED) is 0.293. The number of halogens is 2. The fourth-order valence-corrected chi connectivity index (χ4v) is 7.72. The van der Waals surface area contributed by atoms with Gasteiger partial charge in [-0.3, -0.25) is 13.9 Å². The van der Waals surface area contributed by atoms with Gasteiger partial charge in [-0.25, -0.2) is 12.8 Å². The molecule has 1 spiro atoms. The van der Waals surface area contributed by atoms with Crippen LogP contribution < -0.4 is 9.62 Å². The van der Waals surface area contributed by atoms with Gasteiger partial charge in [-0.2, -0.15) is 0 Å². The van der Waals surface area contributed by atoms with E-state index in [2.05, 4.69) is 5.32 Å². The molecule has 0 saturated carbocycles. The van der Waals surface area contributed by atoms with Crippen molar-refractivity contribution in [2.24, 2.45) is 0 Å². The highest BCUT2D eigenvalue weighted by Crippen LogP contribution is 2.45. The summed E-state index contributed by atoms with van der Waals surface area (Å²) in [5, 5.41) is 2.92. The van der Waals surface area contributed by atoms with Crippen molar-refractivity contribution in [1.29, 1.82) is 0 Å². The minimum atomic E-state index is -4.29. The molecule has 0 unspecified atom stereocenters. The molecule has 214 valence electrons. The molecule has 0 bridgehead atoms. The van der Waals surface area contributed by atoms with E-state index in [1.165, 1.54) is 42.5 Å². The minimum absolute atomic E-state index is 0.0267. The molecule has 4 aromatic rings. The Labute approximate surface area is 248 Å². The number of nitrogens with zero attached hydrogens (tertiary/aromatic N) is 2. The first kappa shape index (κ1) is 27.9. The summed E-state index contributed by atoms with van der Waals surface area (Å²) in [7, 11) is -4.29. The highest BCUT2D eigenvalue weighted by atomic mass is 35.5. The molecule has 2 aliphatic rings. The standard InChI is InChI=1S/C32H27ClFN3O4S/c33-27-15-10-23(30(38)36-18-16-32(17-19-36)26-8-4-5-9-28(26)35-31(32)39)20-29(27)42(40,41)37(21-22-6-2-1-3-7-22)25-13-11-24(34)12-14-25/h1-15,20H,16-19,21H2,(H,35,39). The zero-order valence-corrected chi connectivity index (χ0v) is 24.0. The summed E-state index contributed by atoms with van der Waals surface area (Å²) in [6, 6.07) is 26.0. The van der Waals surface area contributed by atoms with Gasteiger partial charge in [0.2, 0.25) is 5.91 Å². The van der Waals surface area contributed by atoms with Crippen LogP contribution in [0.25, 0.3) is 0 Å². The first-order valence-electron chi connectivity index (χ1n) is 13.5. The van der Waals surface area contributed by atoms with Crippen LogP contribution in [0.1, 0.15) is 34.3 Å². The molecule has 1 fully saturated rings. The lowest BCUT2D eigenvalue weighted by Crippen LogP contribution is -2.48. The number of benzene rings is 4. The number of likely N-dealkylation sites (tertiary alicyclic amines) is 1. The van der Waals surface area contributed by atoms with E-state index >= 15 is 0 Å². The predicted octanol–water partition coefficient (Wildman–Crippen LogP) is 6.00. The molecule has 2 aliphatic heterocycles. The van der Waals surface area contributed by atoms with Crippen LogP contribution in [0, 0.1) is 5.82 Å². The molecule has 1 N–H and O–H groups in total. The van der Waals surface area contributed by atoms with E-state index < -0.39 is 21.3 Å². The maximum Gasteiger partial charge on any atom is 0.266 e. The average Bonchev–Trinajstić information content (AvgIpc) is 3.27. The van der Waals surface area contributed by atoms with Gasteiger partial charge in [0.05, 0.1) is 22.7 Å². The van der Waals surface area contributed by atoms with Crippen molar-refractivity contribution in [1.82, 2.24) is 4.90 Å². The van der Waals surface area contributed by atoms with Crippen LogP contribution >= 0.6 is 11.6 Å². The Morgan fingerprint density at radius 3 is 2.31 bits per heavy atom. The number of hydrogen-bond donors (Lipinski definition) is 1. The second-order valence-electron chi connectivity index (χ2n) is 10.5. The van der Waals surface area contributed by atoms with E-state index in [1.807, 2.05) is 30.3 Å². The second-order valence-corrected chi connectivity index (χ2v) is 12.7. The molecule has 4 aromatic carbocycles. The smallest absolute Gasteiger partial charge is 0.266 e. The lowest BCUT2D eigenvalue weighted by molar-refractivity contribution is -0.122. The van der Waals surface area contributed by atoms with Crippen molar-refractivity contribution in [2.45, 2.75) is 29.7 Å². The number of hydrogen-bond acceptors (Lipinski definition) is 4. The van der Waals surface area contributed by atoms with Gasteiger partial charge < -0.3 is 10.2 Å². The van der Waals surface area contributed by atoms with Crippen LogP contribution in [0.4, 0.5) is 15.8 Å². The van der Waals surface area contributed by atoms with E-state index in [0.717, 1.165) is 15.6 Å². The Morgan fingerprint density at radius 2 is 1.60 bits per heavy atom. The first-order valence-corrected chi connectivity index (χ1v) is 15.3. The summed E-state index contributed by atoms with van der Waals surface area (Å²) in [6.45, 7) is 0.642. The summed E-state index contributed by atoms with van der Waals surface area (Å²) >= 11 is 6.44. The van der Waals surface area contributed by atoms with Crippen molar-refractivity contribution in [2.75, 3.05) is 22.7 Å². The van der Waals surface area contributed by atoms with E-state index in [1.54, 1.807) is 29.2 Å². The molecule has 42 heavy (non-hydrogen) atoms. The van der Waals surface area contributed by atoms with E-state index in [-0.39, 0.29) is 39.5 Å². The SMILES string of the molecule is O=C(c1ccc(Cl)c(S(=O)(=O)N(Cc2ccccc2)c2ccc(F)cc2)c1)N1CCC2(CC1)C(=O)Nc1ccccc12. The van der Waals surface area contributed by atoms with Gasteiger partial charge in [0.15, 0.2) is 0 Å². The van der Waals surface area contributed by atoms with Gasteiger partial charge >= 0.3 is 0 Å². The van der Waals surface area contributed by atoms with Gasteiger partial charge in [-0.15, -0.1) is 0 Å². The number of carbonyl (C=O) groups is 2. The molecule has 0 atom stereocenters. The molecule has 0 radical (unpaired) electrons. The van der Waals surface area contributed by atoms with Crippen molar-refractivity contribution in [3.05, 3.63) is 125 Å². The molecular formula is C32H27ClFN3O4S. The summed E-state index contributed by atoms with van der Waals surface area (Å²) in [5.41, 5.74) is 2.20. The fourth-order valence-electron chi connectivity index (χ4n) is 5.77. The molecule has 0 aromatic heterocycles. The Kier molecular flexibility index (Phi) is 7.24. The zero-order chi connectivity index (χ0) is 29.5. The summed E-state index contributed by atoms with van der Waals surface area (Å²) in [4.78, 5) is 28.0. The predicted molar refractivity (Wildman–Crippen MR) is 160 cm³/mol. The average molecular weight is 604 g/mol. The van der Waals surface area contributed by atoms with Gasteiger partial charge in [0.1, 0.15) is 10.7 Å². The van der Waals surface area contributed by atoms with Gasteiger partial charge in [0, 0.05) is 24.3 Å². The van der Waals surface area contributed by atoms with Crippen LogP contribution in [0.3, 0.4) is 0 Å². The largest absolute Gasteiger partial charge is 0.339 e. The Hall–Kier alpha value is -4.21. The van der Waals surface area contributed by atoms with Crippen LogP contribution in [0.5, 0.6) is 0 Å². The molecule has 10 heteroatoms. The molecular weight excluding hydrogens is 577 g/mol. The molecule has 1 saturated heterocycles. The Bertz CT molecular complexity index is 1770. The maximum atomic E-state index is 14.1. The monoisotopic (exact) mass is 603 g/mol. The first-order chi connectivity index (χ1) is 20.2. The van der Waals surface area contributed by atoms with E-state index in [0.29, 0.717) is 31.5 Å². The van der Waals surface area contributed by atoms with Gasteiger partial charge in [-0.1, -0.05) is 60.1 Å². The number of piperidine rings is 1. The highest BCUT2D eigenvalue weighted by molar-refractivity contribution is 7.93. The molecule has 2 amide bonds. The third-order valence-corrected chi connectivity index (χ3v) is 10.3. The highest BCUT2D eigenvalue weighted by Gasteiger charge is 2.48. The fraction of sp³-hybridized carbons (Fsp3) is 0.188. The van der Waals surface area contributed by atoms with Crippen LogP contribution in [0.2, 0.25) is 5.02 Å². The van der Waals surface area contributed by atoms with Crippen molar-refractivity contribution >= 4 is 44.8 Å². The van der Waals surface area contributed by atoms with Gasteiger partial charge in [-0.05, 0) is 72.5 Å². The molecule has 6 rings (SSSR count). The number of carbonyl (C=O) groups excluding carboxylic acids is 2. The Balaban J connectivity index is 1.29. The third-order valence-electron chi connectivity index (χ3n) is 8.06. The van der Waals surface area contributed by atoms with Crippen molar-refractivity contribution < 1.29 is 22.4 Å². The van der Waals surface area contributed by atoms with E-state index in [4.69, 9.17) is 11.6 Å². The maximum absolute atomic E-state index is 14.1. The Morgan fingerprint density at radius 1 is 0.929 bits per heavy atom. The lowest BCUT2D eigenvalue weighted by Gasteiger charge is -2.38. The number of rotatable bonds is 6. The topological polar surface area (TPSA) is 86.8 Å². The number of sulfonamides is 1. The minimum Gasteiger partial charge on any atom is -0.339 e. The summed E-state index contributed by atoms with van der Waals surface area (Å²) in [6.07, 6.45) is 0.908. The number of amides is 2. The second kappa shape index (κ2) is 10.9. The summed E-state index contributed by atoms with van der Waals surface area (Å²) in [5.74, 6) is -0.903. The number of nitrogens with one attached hydrogen (secondary N) is 1. The normalized spacial score (nSPS) is 15.8. The van der Waals surface area contributed by atoms with Gasteiger partial charge in [0.25, 0.3) is 15.9 Å². The number of fused-ring (bicyclic) bond motifs is 2.